The molecule has 3 aromatic rings. The Balaban J connectivity index is 1.50. The van der Waals surface area contributed by atoms with Crippen LogP contribution in [-0.2, 0) is 10.2 Å². The second-order valence-corrected chi connectivity index (χ2v) is 10.2. The van der Waals surface area contributed by atoms with Crippen LogP contribution in [0.2, 0.25) is 5.02 Å². The summed E-state index contributed by atoms with van der Waals surface area (Å²) in [5.74, 6) is -0.342. The van der Waals surface area contributed by atoms with Gasteiger partial charge < -0.3 is 9.84 Å². The van der Waals surface area contributed by atoms with Crippen molar-refractivity contribution in [2.24, 2.45) is 5.92 Å². The fraction of sp³-hybridized carbons (Fsp3) is 0.400. The molecule has 1 N–H and O–H groups in total. The molecule has 0 bridgehead atoms. The zero-order chi connectivity index (χ0) is 24.6. The van der Waals surface area contributed by atoms with Gasteiger partial charge in [-0.05, 0) is 42.0 Å². The van der Waals surface area contributed by atoms with E-state index >= 15 is 0 Å². The van der Waals surface area contributed by atoms with Gasteiger partial charge in [0, 0.05) is 28.3 Å². The minimum absolute atomic E-state index is 0.0146. The molecule has 1 aromatic carbocycles. The lowest BCUT2D eigenvalue weighted by Gasteiger charge is -2.14. The fourth-order valence-electron chi connectivity index (χ4n) is 3.52. The van der Waals surface area contributed by atoms with Crippen LogP contribution in [0, 0.1) is 11.7 Å². The Morgan fingerprint density at radius 1 is 1.26 bits per heavy atom. The lowest BCUT2D eigenvalue weighted by atomic mass is 9.93. The third-order valence-corrected chi connectivity index (χ3v) is 6.03. The Bertz CT molecular complexity index is 1250. The van der Waals surface area contributed by atoms with Crippen LogP contribution in [0.5, 0.6) is 0 Å². The van der Waals surface area contributed by atoms with Crippen molar-refractivity contribution in [3.05, 3.63) is 58.6 Å². The number of rotatable bonds is 7. The molecule has 1 aliphatic carbocycles. The third kappa shape index (κ3) is 5.33. The van der Waals surface area contributed by atoms with E-state index in [0.29, 0.717) is 22.3 Å². The number of nitrogens with zero attached hydrogens (tertiary/aromatic N) is 3. The molecule has 4 rings (SSSR count). The molecule has 0 spiro atoms. The van der Waals surface area contributed by atoms with Gasteiger partial charge in [0.05, 0.1) is 6.20 Å². The number of hydrogen-bond donors (Lipinski definition) is 1. The summed E-state index contributed by atoms with van der Waals surface area (Å²) in [5, 5.41) is 6.94. The van der Waals surface area contributed by atoms with Crippen LogP contribution in [0.15, 0.2) is 35.0 Å². The molecular weight excluding hydrogens is 459 g/mol. The summed E-state index contributed by atoms with van der Waals surface area (Å²) in [6.07, 6.45) is 2.95. The number of anilines is 1. The summed E-state index contributed by atoms with van der Waals surface area (Å²) >= 11 is 6.52. The van der Waals surface area contributed by atoms with Crippen LogP contribution < -0.4 is 5.32 Å². The second-order valence-electron chi connectivity index (χ2n) is 9.75. The van der Waals surface area contributed by atoms with Gasteiger partial charge >= 0.3 is 0 Å². The molecule has 1 saturated carbocycles. The molecule has 1 amide bonds. The van der Waals surface area contributed by atoms with E-state index in [-0.39, 0.29) is 46.7 Å². The normalized spacial score (nSPS) is 14.6. The van der Waals surface area contributed by atoms with Crippen LogP contribution >= 0.6 is 11.6 Å². The smallest absolute Gasteiger partial charge is 0.238 e. The maximum atomic E-state index is 14.5. The molecule has 1 aliphatic rings. The second kappa shape index (κ2) is 9.25. The first-order valence-electron chi connectivity index (χ1n) is 11.2. The lowest BCUT2D eigenvalue weighted by molar-refractivity contribution is -0.117. The quantitative estimate of drug-likeness (QED) is 0.416. The molecule has 1 atom stereocenters. The van der Waals surface area contributed by atoms with Gasteiger partial charge in [0.1, 0.15) is 11.6 Å². The summed E-state index contributed by atoms with van der Waals surface area (Å²) in [7, 11) is 0. The van der Waals surface area contributed by atoms with E-state index < -0.39 is 5.82 Å². The average Bonchev–Trinajstić information content (AvgIpc) is 3.49. The summed E-state index contributed by atoms with van der Waals surface area (Å²) in [4.78, 5) is 32.9. The Hall–Kier alpha value is -3.13. The number of nitrogens with one attached hydrogen (secondary N) is 1. The first-order valence-corrected chi connectivity index (χ1v) is 11.5. The fourth-order valence-corrected chi connectivity index (χ4v) is 3.88. The summed E-state index contributed by atoms with van der Waals surface area (Å²) < 4.78 is 19.7. The number of carbonyl (C=O) groups excluding carboxylic acids is 2. The lowest BCUT2D eigenvalue weighted by Crippen LogP contribution is -2.14. The Kier molecular flexibility index (Phi) is 6.53. The molecule has 0 radical (unpaired) electrons. The number of aromatic nitrogens is 3. The molecule has 9 heteroatoms. The highest BCUT2D eigenvalue weighted by molar-refractivity contribution is 6.31. The molecular formula is C25H26ClFN4O3. The van der Waals surface area contributed by atoms with Crippen LogP contribution in [-0.4, -0.2) is 26.8 Å². The molecule has 178 valence electrons. The molecule has 7 nitrogen and oxygen atoms in total. The molecule has 0 saturated heterocycles. The van der Waals surface area contributed by atoms with Crippen molar-refractivity contribution < 1.29 is 18.5 Å². The van der Waals surface area contributed by atoms with Crippen molar-refractivity contribution in [2.45, 2.75) is 58.3 Å². The molecule has 0 aliphatic heterocycles. The number of hydrogen-bond acceptors (Lipinski definition) is 6. The van der Waals surface area contributed by atoms with Crippen LogP contribution in [0.1, 0.15) is 74.9 Å². The van der Waals surface area contributed by atoms with Crippen LogP contribution in [0.3, 0.4) is 0 Å². The predicted molar refractivity (Wildman–Crippen MR) is 126 cm³/mol. The molecule has 34 heavy (non-hydrogen) atoms. The monoisotopic (exact) mass is 484 g/mol. The van der Waals surface area contributed by atoms with E-state index in [1.54, 1.807) is 18.2 Å². The molecule has 1 fully saturated rings. The summed E-state index contributed by atoms with van der Waals surface area (Å²) in [5.41, 5.74) is 1.22. The van der Waals surface area contributed by atoms with Crippen molar-refractivity contribution in [2.75, 3.05) is 5.32 Å². The number of Topliss-reactive ketones (excluding diaryl/α,β-unsaturated/α-hetero) is 1. The number of ketones is 1. The largest absolute Gasteiger partial charge is 0.338 e. The number of carbonyl (C=O) groups is 2. The van der Waals surface area contributed by atoms with Gasteiger partial charge in [-0.2, -0.15) is 4.98 Å². The maximum Gasteiger partial charge on any atom is 0.238 e. The van der Waals surface area contributed by atoms with Gasteiger partial charge in [0.2, 0.25) is 23.4 Å². The highest BCUT2D eigenvalue weighted by Gasteiger charge is 2.30. The standard InChI is InChI=1S/C25H26ClFN4O3/c1-13(9-20(32)22-30-24(34-31-22)25(2,3)4)16-8-7-15(10-18(16)26)17-11-21(28-12-19(17)27)29-23(33)14-5-6-14/h7-8,10-14H,5-6,9H2,1-4H3,(H,28,29,33)/t13-/m0/s1. The predicted octanol–water partition coefficient (Wildman–Crippen LogP) is 5.95. The number of amides is 1. The van der Waals surface area contributed by atoms with Crippen molar-refractivity contribution in [1.29, 1.82) is 0 Å². The summed E-state index contributed by atoms with van der Waals surface area (Å²) in [6.45, 7) is 7.65. The Morgan fingerprint density at radius 3 is 2.62 bits per heavy atom. The van der Waals surface area contributed by atoms with Crippen molar-refractivity contribution >= 4 is 29.1 Å². The van der Waals surface area contributed by atoms with Crippen LogP contribution in [0.4, 0.5) is 10.2 Å². The van der Waals surface area contributed by atoms with Crippen LogP contribution in [0.25, 0.3) is 11.1 Å². The van der Waals surface area contributed by atoms with E-state index in [0.717, 1.165) is 24.6 Å². The zero-order valence-electron chi connectivity index (χ0n) is 19.5. The minimum Gasteiger partial charge on any atom is -0.338 e. The van der Waals surface area contributed by atoms with Crippen molar-refractivity contribution in [1.82, 2.24) is 15.1 Å². The highest BCUT2D eigenvalue weighted by atomic mass is 35.5. The van der Waals surface area contributed by atoms with Gasteiger partial charge in [0.25, 0.3) is 0 Å². The topological polar surface area (TPSA) is 98.0 Å². The zero-order valence-corrected chi connectivity index (χ0v) is 20.2. The number of halogens is 2. The molecule has 2 aromatic heterocycles. The Labute approximate surface area is 202 Å². The first kappa shape index (κ1) is 24.0. The van der Waals surface area contributed by atoms with Gasteiger partial charge in [-0.1, -0.05) is 56.6 Å². The van der Waals surface area contributed by atoms with E-state index in [4.69, 9.17) is 16.1 Å². The van der Waals surface area contributed by atoms with E-state index in [2.05, 4.69) is 20.4 Å². The molecule has 0 unspecified atom stereocenters. The van der Waals surface area contributed by atoms with Gasteiger partial charge in [-0.3, -0.25) is 9.59 Å². The molecule has 2 heterocycles. The van der Waals surface area contributed by atoms with E-state index in [1.165, 1.54) is 6.07 Å². The minimum atomic E-state index is -0.525. The number of benzene rings is 1. The van der Waals surface area contributed by atoms with Gasteiger partial charge in [-0.25, -0.2) is 9.37 Å². The van der Waals surface area contributed by atoms with Gasteiger partial charge in [-0.15, -0.1) is 0 Å². The van der Waals surface area contributed by atoms with Crippen molar-refractivity contribution in [3.8, 4) is 11.1 Å². The van der Waals surface area contributed by atoms with Crippen molar-refractivity contribution in [3.63, 3.8) is 0 Å². The maximum absolute atomic E-state index is 14.5. The van der Waals surface area contributed by atoms with E-state index in [1.807, 2.05) is 27.7 Å². The highest BCUT2D eigenvalue weighted by Crippen LogP contribution is 2.34. The average molecular weight is 485 g/mol. The van der Waals surface area contributed by atoms with Gasteiger partial charge in [0.15, 0.2) is 0 Å². The van der Waals surface area contributed by atoms with E-state index in [9.17, 15) is 14.0 Å². The summed E-state index contributed by atoms with van der Waals surface area (Å²) in [6, 6.07) is 6.65. The SMILES string of the molecule is C[C@@H](CC(=O)c1noc(C(C)(C)C)n1)c1ccc(-c2cc(NC(=O)C3CC3)ncc2F)cc1Cl. The Morgan fingerprint density at radius 2 is 2.00 bits per heavy atom. The first-order chi connectivity index (χ1) is 16.0. The number of pyridine rings is 1. The third-order valence-electron chi connectivity index (χ3n) is 5.71.